The fourth-order valence-corrected chi connectivity index (χ4v) is 2.26. The van der Waals surface area contributed by atoms with E-state index >= 15 is 0 Å². The van der Waals surface area contributed by atoms with E-state index in [9.17, 15) is 9.59 Å². The number of nitrogens with two attached hydrogens (primary N) is 1. The van der Waals surface area contributed by atoms with E-state index in [-0.39, 0.29) is 11.8 Å². The van der Waals surface area contributed by atoms with Crippen molar-refractivity contribution in [3.8, 4) is 0 Å². The van der Waals surface area contributed by atoms with Gasteiger partial charge in [0.1, 0.15) is 5.00 Å². The molecule has 2 atom stereocenters. The van der Waals surface area contributed by atoms with E-state index in [0.717, 1.165) is 6.42 Å². The van der Waals surface area contributed by atoms with Gasteiger partial charge in [-0.25, -0.2) is 4.79 Å². The number of ether oxygens (including phenoxy) is 1. The second-order valence-electron chi connectivity index (χ2n) is 4.28. The third-order valence-electron chi connectivity index (χ3n) is 2.96. The number of amides is 1. The number of carbonyl (C=O) groups excluding carboxylic acids is 2. The lowest BCUT2D eigenvalue weighted by atomic mass is 9.99. The van der Waals surface area contributed by atoms with Crippen molar-refractivity contribution >= 4 is 28.2 Å². The monoisotopic (exact) mass is 284 g/mol. The molecule has 2 unspecified atom stereocenters. The van der Waals surface area contributed by atoms with Crippen LogP contribution in [0.2, 0.25) is 0 Å². The number of rotatable bonds is 6. The zero-order valence-corrected chi connectivity index (χ0v) is 12.3. The molecule has 3 N–H and O–H groups in total. The van der Waals surface area contributed by atoms with Gasteiger partial charge in [0.15, 0.2) is 0 Å². The first kappa shape index (κ1) is 15.7. The Morgan fingerprint density at radius 1 is 1.47 bits per heavy atom. The quantitative estimate of drug-likeness (QED) is 0.785. The fraction of sp³-hybridized carbons (Fsp3) is 0.538. The maximum atomic E-state index is 12.0. The van der Waals surface area contributed by atoms with Crippen LogP contribution in [0.4, 0.5) is 5.00 Å². The Kier molecular flexibility index (Phi) is 5.98. The lowest BCUT2D eigenvalue weighted by molar-refractivity contribution is -0.118. The van der Waals surface area contributed by atoms with Crippen molar-refractivity contribution in [1.29, 1.82) is 0 Å². The lowest BCUT2D eigenvalue weighted by Gasteiger charge is -2.17. The molecule has 1 aromatic heterocycles. The van der Waals surface area contributed by atoms with Gasteiger partial charge < -0.3 is 15.8 Å². The molecule has 1 heterocycles. The number of nitrogens with one attached hydrogen (secondary N) is 1. The van der Waals surface area contributed by atoms with Crippen LogP contribution in [0.5, 0.6) is 0 Å². The number of hydrogen-bond acceptors (Lipinski definition) is 5. The summed E-state index contributed by atoms with van der Waals surface area (Å²) in [5.41, 5.74) is 6.22. The largest absolute Gasteiger partial charge is 0.462 e. The zero-order valence-electron chi connectivity index (χ0n) is 11.4. The number of thiophene rings is 1. The number of esters is 1. The summed E-state index contributed by atoms with van der Waals surface area (Å²) < 4.78 is 4.92. The van der Waals surface area contributed by atoms with Crippen LogP contribution in [0.3, 0.4) is 0 Å². The molecule has 0 spiro atoms. The summed E-state index contributed by atoms with van der Waals surface area (Å²) in [7, 11) is 0. The summed E-state index contributed by atoms with van der Waals surface area (Å²) in [5.74, 6) is -0.621. The average molecular weight is 284 g/mol. The Morgan fingerprint density at radius 3 is 2.74 bits per heavy atom. The molecule has 0 saturated heterocycles. The second-order valence-corrected chi connectivity index (χ2v) is 5.20. The minimum atomic E-state index is -0.581. The van der Waals surface area contributed by atoms with Gasteiger partial charge in [0.25, 0.3) is 0 Å². The Balaban J connectivity index is 2.75. The minimum absolute atomic E-state index is 0.0889. The van der Waals surface area contributed by atoms with Gasteiger partial charge in [0.2, 0.25) is 5.91 Å². The van der Waals surface area contributed by atoms with E-state index in [2.05, 4.69) is 5.32 Å². The van der Waals surface area contributed by atoms with Crippen LogP contribution in [-0.2, 0) is 9.53 Å². The Bertz CT molecular complexity index is 445. The van der Waals surface area contributed by atoms with Gasteiger partial charge in [-0.15, -0.1) is 11.3 Å². The van der Waals surface area contributed by atoms with Crippen LogP contribution in [0, 0.1) is 5.92 Å². The highest BCUT2D eigenvalue weighted by Crippen LogP contribution is 2.24. The Hall–Kier alpha value is -1.40. The first-order valence-corrected chi connectivity index (χ1v) is 7.20. The third-order valence-corrected chi connectivity index (χ3v) is 3.79. The van der Waals surface area contributed by atoms with Gasteiger partial charge >= 0.3 is 5.97 Å². The first-order chi connectivity index (χ1) is 9.01. The Morgan fingerprint density at radius 2 is 2.16 bits per heavy atom. The average Bonchev–Trinajstić information content (AvgIpc) is 2.85. The highest BCUT2D eigenvalue weighted by Gasteiger charge is 2.22. The van der Waals surface area contributed by atoms with Crippen molar-refractivity contribution in [3.05, 3.63) is 17.0 Å². The van der Waals surface area contributed by atoms with E-state index in [1.54, 1.807) is 18.4 Å². The van der Waals surface area contributed by atoms with Crippen molar-refractivity contribution in [2.45, 2.75) is 33.2 Å². The molecule has 0 bridgehead atoms. The molecule has 0 aliphatic heterocycles. The summed E-state index contributed by atoms with van der Waals surface area (Å²) in [5, 5.41) is 4.92. The van der Waals surface area contributed by atoms with E-state index in [1.807, 2.05) is 13.8 Å². The molecule has 1 rings (SSSR count). The predicted molar refractivity (Wildman–Crippen MR) is 76.3 cm³/mol. The normalized spacial score (nSPS) is 13.7. The lowest BCUT2D eigenvalue weighted by Crippen LogP contribution is -2.40. The summed E-state index contributed by atoms with van der Waals surface area (Å²) in [6, 6.07) is 1.05. The molecular formula is C13H20N2O3S. The minimum Gasteiger partial charge on any atom is -0.462 e. The molecule has 106 valence electrons. The van der Waals surface area contributed by atoms with Crippen molar-refractivity contribution < 1.29 is 14.3 Å². The molecule has 19 heavy (non-hydrogen) atoms. The number of carbonyl (C=O) groups is 2. The van der Waals surface area contributed by atoms with Gasteiger partial charge in [-0.3, -0.25) is 4.79 Å². The summed E-state index contributed by atoms with van der Waals surface area (Å²) in [6.07, 6.45) is 0.823. The fourth-order valence-electron chi connectivity index (χ4n) is 1.48. The van der Waals surface area contributed by atoms with Crippen molar-refractivity contribution in [3.63, 3.8) is 0 Å². The van der Waals surface area contributed by atoms with Crippen molar-refractivity contribution in [2.24, 2.45) is 11.7 Å². The van der Waals surface area contributed by atoms with Crippen LogP contribution in [0.25, 0.3) is 0 Å². The van der Waals surface area contributed by atoms with Crippen molar-refractivity contribution in [1.82, 2.24) is 0 Å². The van der Waals surface area contributed by atoms with Crippen LogP contribution in [0.1, 0.15) is 37.6 Å². The van der Waals surface area contributed by atoms with Crippen LogP contribution in [-0.4, -0.2) is 24.5 Å². The number of hydrogen-bond donors (Lipinski definition) is 2. The molecule has 0 fully saturated rings. The molecule has 0 aromatic carbocycles. The summed E-state index contributed by atoms with van der Waals surface area (Å²) in [4.78, 5) is 23.6. The van der Waals surface area contributed by atoms with E-state index < -0.39 is 12.0 Å². The molecular weight excluding hydrogens is 264 g/mol. The van der Waals surface area contributed by atoms with Gasteiger partial charge in [-0.05, 0) is 24.3 Å². The third kappa shape index (κ3) is 4.04. The highest BCUT2D eigenvalue weighted by molar-refractivity contribution is 7.14. The highest BCUT2D eigenvalue weighted by atomic mass is 32.1. The van der Waals surface area contributed by atoms with E-state index in [0.29, 0.717) is 17.2 Å². The Labute approximate surface area is 117 Å². The summed E-state index contributed by atoms with van der Waals surface area (Å²) >= 11 is 1.28. The number of anilines is 1. The molecule has 0 radical (unpaired) electrons. The molecule has 0 saturated carbocycles. The molecule has 0 aliphatic rings. The molecule has 1 aromatic rings. The van der Waals surface area contributed by atoms with Crippen LogP contribution >= 0.6 is 11.3 Å². The van der Waals surface area contributed by atoms with Crippen LogP contribution in [0.15, 0.2) is 11.4 Å². The van der Waals surface area contributed by atoms with Gasteiger partial charge in [-0.2, -0.15) is 0 Å². The predicted octanol–water partition coefficient (Wildman–Crippen LogP) is 2.24. The van der Waals surface area contributed by atoms with Crippen molar-refractivity contribution in [2.75, 3.05) is 11.9 Å². The SMILES string of the molecule is CCOC(=O)c1ccsc1NC(=O)C(N)C(C)CC. The zero-order chi connectivity index (χ0) is 14.4. The van der Waals surface area contributed by atoms with Gasteiger partial charge in [0.05, 0.1) is 18.2 Å². The smallest absolute Gasteiger partial charge is 0.341 e. The first-order valence-electron chi connectivity index (χ1n) is 6.32. The molecule has 5 nitrogen and oxygen atoms in total. The maximum absolute atomic E-state index is 12.0. The molecule has 0 aliphatic carbocycles. The van der Waals surface area contributed by atoms with E-state index in [4.69, 9.17) is 10.5 Å². The van der Waals surface area contributed by atoms with E-state index in [1.165, 1.54) is 11.3 Å². The van der Waals surface area contributed by atoms with Crippen LogP contribution < -0.4 is 11.1 Å². The molecule has 6 heteroatoms. The molecule has 1 amide bonds. The van der Waals surface area contributed by atoms with Gasteiger partial charge in [-0.1, -0.05) is 20.3 Å². The second kappa shape index (κ2) is 7.25. The maximum Gasteiger partial charge on any atom is 0.341 e. The standard InChI is InChI=1S/C13H20N2O3S/c1-4-8(3)10(14)11(16)15-12-9(6-7-19-12)13(17)18-5-2/h6-8,10H,4-5,14H2,1-3H3,(H,15,16). The van der Waals surface area contributed by atoms with Gasteiger partial charge in [0, 0.05) is 0 Å². The summed E-state index contributed by atoms with van der Waals surface area (Å²) in [6.45, 7) is 5.94. The topological polar surface area (TPSA) is 81.4 Å².